The summed E-state index contributed by atoms with van der Waals surface area (Å²) in [5.74, 6) is 0.919. The van der Waals surface area contributed by atoms with Crippen molar-refractivity contribution >= 4 is 0 Å². The molecule has 0 saturated heterocycles. The number of pyridine rings is 1. The van der Waals surface area contributed by atoms with Crippen molar-refractivity contribution in [1.29, 1.82) is 0 Å². The Morgan fingerprint density at radius 3 is 3.30 bits per heavy atom. The van der Waals surface area contributed by atoms with Crippen molar-refractivity contribution in [3.63, 3.8) is 0 Å². The average Bonchev–Trinajstić information content (AvgIpc) is 2.36. The molecule has 2 heterocycles. The van der Waals surface area contributed by atoms with Crippen LogP contribution in [0.15, 0.2) is 18.3 Å². The summed E-state index contributed by atoms with van der Waals surface area (Å²) < 4.78 is 7.10. The van der Waals surface area contributed by atoms with E-state index in [4.69, 9.17) is 4.74 Å². The first-order chi connectivity index (χ1) is 4.88. The summed E-state index contributed by atoms with van der Waals surface area (Å²) >= 11 is 0. The highest BCUT2D eigenvalue weighted by Crippen LogP contribution is 2.18. The summed E-state index contributed by atoms with van der Waals surface area (Å²) in [6.07, 6.45) is 2.91. The largest absolute Gasteiger partial charge is 0.444 e. The van der Waals surface area contributed by atoms with E-state index in [1.807, 2.05) is 12.3 Å². The maximum absolute atomic E-state index is 5.33. The molecule has 51 valence electrons. The van der Waals surface area contributed by atoms with Crippen molar-refractivity contribution in [3.8, 4) is 5.88 Å². The van der Waals surface area contributed by atoms with E-state index in [1.54, 1.807) is 4.57 Å². The Morgan fingerprint density at radius 2 is 2.50 bits per heavy atom. The number of rotatable bonds is 0. The minimum atomic E-state index is 0.800. The van der Waals surface area contributed by atoms with Crippen molar-refractivity contribution in [2.75, 3.05) is 6.61 Å². The van der Waals surface area contributed by atoms with Crippen molar-refractivity contribution in [2.24, 2.45) is 0 Å². The number of nitrogens with zero attached hydrogens (tertiary/aromatic N) is 1. The lowest BCUT2D eigenvalue weighted by Crippen LogP contribution is -2.26. The van der Waals surface area contributed by atoms with Crippen LogP contribution < -0.4 is 9.30 Å². The minimum Gasteiger partial charge on any atom is -0.444 e. The van der Waals surface area contributed by atoms with Crippen LogP contribution in [0.5, 0.6) is 5.88 Å². The van der Waals surface area contributed by atoms with E-state index >= 15 is 0 Å². The molecule has 1 aliphatic rings. The molecule has 1 aromatic rings. The zero-order valence-corrected chi connectivity index (χ0v) is 5.71. The molecule has 0 aliphatic carbocycles. The van der Waals surface area contributed by atoms with Gasteiger partial charge in [-0.3, -0.25) is 0 Å². The van der Waals surface area contributed by atoms with Crippen LogP contribution in [-0.2, 0) is 6.42 Å². The molecule has 10 heavy (non-hydrogen) atoms. The van der Waals surface area contributed by atoms with Crippen LogP contribution in [0, 0.1) is 7.05 Å². The number of hydrogen-bond acceptors (Lipinski definition) is 1. The van der Waals surface area contributed by atoms with Crippen molar-refractivity contribution in [3.05, 3.63) is 30.9 Å². The highest BCUT2D eigenvalue weighted by Gasteiger charge is 2.20. The molecular weight excluding hydrogens is 126 g/mol. The fraction of sp³-hybridized carbons (Fsp3) is 0.250. The van der Waals surface area contributed by atoms with Gasteiger partial charge in [-0.2, -0.15) is 4.57 Å². The predicted molar refractivity (Wildman–Crippen MR) is 36.6 cm³/mol. The van der Waals surface area contributed by atoms with Gasteiger partial charge in [-0.25, -0.2) is 0 Å². The van der Waals surface area contributed by atoms with Crippen molar-refractivity contribution in [2.45, 2.75) is 6.42 Å². The maximum Gasteiger partial charge on any atom is 0.371 e. The van der Waals surface area contributed by atoms with E-state index in [-0.39, 0.29) is 0 Å². The van der Waals surface area contributed by atoms with Crippen LogP contribution in [0.2, 0.25) is 0 Å². The van der Waals surface area contributed by atoms with Gasteiger partial charge in [0, 0.05) is 12.5 Å². The topological polar surface area (TPSA) is 13.1 Å². The molecule has 0 bridgehead atoms. The van der Waals surface area contributed by atoms with E-state index < -0.39 is 0 Å². The summed E-state index contributed by atoms with van der Waals surface area (Å²) in [5, 5.41) is 0. The number of ether oxygens (including phenoxy) is 1. The first kappa shape index (κ1) is 5.71. The molecular formula is C8H9NO+. The summed E-state index contributed by atoms with van der Waals surface area (Å²) in [6.45, 7) is 0.800. The fourth-order valence-electron chi connectivity index (χ4n) is 1.21. The van der Waals surface area contributed by atoms with Gasteiger partial charge in [0.05, 0.1) is 12.2 Å². The van der Waals surface area contributed by atoms with Gasteiger partial charge in [-0.05, 0) is 6.07 Å². The number of aromatic nitrogens is 1. The Morgan fingerprint density at radius 1 is 1.60 bits per heavy atom. The van der Waals surface area contributed by atoms with Crippen molar-refractivity contribution < 1.29 is 9.30 Å². The van der Waals surface area contributed by atoms with Crippen LogP contribution in [0.25, 0.3) is 0 Å². The molecule has 0 unspecified atom stereocenters. The zero-order valence-electron chi connectivity index (χ0n) is 5.71. The first-order valence-electron chi connectivity index (χ1n) is 3.35. The molecule has 1 aromatic heterocycles. The predicted octanol–water partition coefficient (Wildman–Crippen LogP) is 0.549. The summed E-state index contributed by atoms with van der Waals surface area (Å²) in [5.41, 5.74) is 1.26. The average molecular weight is 135 g/mol. The van der Waals surface area contributed by atoms with Crippen molar-refractivity contribution in [1.82, 2.24) is 0 Å². The molecule has 0 atom stereocenters. The molecule has 0 saturated carbocycles. The smallest absolute Gasteiger partial charge is 0.371 e. The quantitative estimate of drug-likeness (QED) is 0.473. The normalized spacial score (nSPS) is 14.5. The standard InChI is InChI=1S/C8H9NO/c1-9-5-2-3-7-4-6-10-8(7)9/h2-3,5H,1,4,6H2/q+1. The van der Waals surface area contributed by atoms with Gasteiger partial charge in [0.2, 0.25) is 7.05 Å². The van der Waals surface area contributed by atoms with Crippen LogP contribution in [0.1, 0.15) is 5.56 Å². The SMILES string of the molecule is [CH2][n+]1cccc2c1OCC2. The maximum atomic E-state index is 5.33. The van der Waals surface area contributed by atoms with Gasteiger partial charge in [0.25, 0.3) is 0 Å². The lowest BCUT2D eigenvalue weighted by atomic mass is 10.2. The number of fused-ring (bicyclic) bond motifs is 1. The third-order valence-corrected chi connectivity index (χ3v) is 1.71. The van der Waals surface area contributed by atoms with Gasteiger partial charge in [0.15, 0.2) is 6.20 Å². The first-order valence-corrected chi connectivity index (χ1v) is 3.35. The molecule has 0 fully saturated rings. The van der Waals surface area contributed by atoms with Gasteiger partial charge >= 0.3 is 5.88 Å². The highest BCUT2D eigenvalue weighted by molar-refractivity contribution is 5.24. The minimum absolute atomic E-state index is 0.800. The number of hydrogen-bond donors (Lipinski definition) is 0. The summed E-state index contributed by atoms with van der Waals surface area (Å²) in [7, 11) is 3.78. The van der Waals surface area contributed by atoms with E-state index in [0.29, 0.717) is 0 Å². The van der Waals surface area contributed by atoms with E-state index in [9.17, 15) is 0 Å². The Bertz CT molecular complexity index is 257. The molecule has 2 nitrogen and oxygen atoms in total. The zero-order chi connectivity index (χ0) is 6.97. The summed E-state index contributed by atoms with van der Waals surface area (Å²) in [4.78, 5) is 0. The molecule has 2 rings (SSSR count). The Hall–Kier alpha value is -1.05. The van der Waals surface area contributed by atoms with Crippen LogP contribution in [0.4, 0.5) is 0 Å². The molecule has 0 amide bonds. The van der Waals surface area contributed by atoms with E-state index in [0.717, 1.165) is 18.9 Å². The van der Waals surface area contributed by atoms with Gasteiger partial charge in [-0.15, -0.1) is 0 Å². The third-order valence-electron chi connectivity index (χ3n) is 1.71. The Kier molecular flexibility index (Phi) is 1.13. The molecule has 1 aliphatic heterocycles. The van der Waals surface area contributed by atoms with Crippen LogP contribution in [-0.4, -0.2) is 6.61 Å². The van der Waals surface area contributed by atoms with E-state index in [2.05, 4.69) is 13.1 Å². The van der Waals surface area contributed by atoms with E-state index in [1.165, 1.54) is 5.56 Å². The van der Waals surface area contributed by atoms with Gasteiger partial charge in [-0.1, -0.05) is 0 Å². The molecule has 2 heteroatoms. The lowest BCUT2D eigenvalue weighted by Gasteiger charge is -1.92. The van der Waals surface area contributed by atoms with Crippen LogP contribution in [0.3, 0.4) is 0 Å². The molecule has 0 N–H and O–H groups in total. The second kappa shape index (κ2) is 1.97. The fourth-order valence-corrected chi connectivity index (χ4v) is 1.21. The monoisotopic (exact) mass is 135 g/mol. The molecule has 0 spiro atoms. The lowest BCUT2D eigenvalue weighted by molar-refractivity contribution is -0.618. The van der Waals surface area contributed by atoms with Crippen LogP contribution >= 0.6 is 0 Å². The Labute approximate surface area is 60.1 Å². The summed E-state index contributed by atoms with van der Waals surface area (Å²) in [6, 6.07) is 4.06. The second-order valence-electron chi connectivity index (χ2n) is 2.41. The van der Waals surface area contributed by atoms with Gasteiger partial charge in [0.1, 0.15) is 0 Å². The third kappa shape index (κ3) is 0.685. The molecule has 0 aromatic carbocycles. The van der Waals surface area contributed by atoms with Gasteiger partial charge < -0.3 is 4.74 Å². The highest BCUT2D eigenvalue weighted by atomic mass is 16.5. The Balaban J connectivity index is 2.59. The second-order valence-corrected chi connectivity index (χ2v) is 2.41. The molecule has 1 radical (unpaired) electrons.